The van der Waals surface area contributed by atoms with Gasteiger partial charge in [0.15, 0.2) is 0 Å². The van der Waals surface area contributed by atoms with Crippen molar-refractivity contribution in [1.82, 2.24) is 13.6 Å². The van der Waals surface area contributed by atoms with Crippen molar-refractivity contribution in [2.24, 2.45) is 11.7 Å². The van der Waals surface area contributed by atoms with Gasteiger partial charge in [-0.05, 0) is 32.2 Å². The lowest BCUT2D eigenvalue weighted by molar-refractivity contribution is 0.254. The van der Waals surface area contributed by atoms with Crippen LogP contribution in [0.3, 0.4) is 0 Å². The van der Waals surface area contributed by atoms with E-state index in [-0.39, 0.29) is 5.92 Å². The summed E-state index contributed by atoms with van der Waals surface area (Å²) >= 11 is 1.53. The molecule has 1 aromatic heterocycles. The summed E-state index contributed by atoms with van der Waals surface area (Å²) in [5.41, 5.74) is 6.46. The summed E-state index contributed by atoms with van der Waals surface area (Å²) in [5, 5.41) is 2.85. The van der Waals surface area contributed by atoms with Gasteiger partial charge in [0.05, 0.1) is 17.2 Å². The smallest absolute Gasteiger partial charge is 0.282 e. The molecule has 2 rings (SSSR count). The van der Waals surface area contributed by atoms with E-state index in [4.69, 9.17) is 5.73 Å². The van der Waals surface area contributed by atoms with E-state index in [0.717, 1.165) is 23.5 Å². The fraction of sp³-hybridized carbons (Fsp3) is 0.750. The normalized spacial score (nSPS) is 21.5. The van der Waals surface area contributed by atoms with Crippen LogP contribution in [0, 0.1) is 12.8 Å². The van der Waals surface area contributed by atoms with Crippen LogP contribution in [0.5, 0.6) is 0 Å². The van der Waals surface area contributed by atoms with E-state index in [1.54, 1.807) is 11.4 Å². The Kier molecular flexibility index (Phi) is 5.14. The van der Waals surface area contributed by atoms with E-state index in [2.05, 4.69) is 4.98 Å². The molecular weight excluding hydrogens is 296 g/mol. The van der Waals surface area contributed by atoms with E-state index in [9.17, 15) is 8.42 Å². The van der Waals surface area contributed by atoms with Crippen LogP contribution in [-0.2, 0) is 16.8 Å². The van der Waals surface area contributed by atoms with E-state index >= 15 is 0 Å². The number of hydrogen-bond acceptors (Lipinski definition) is 5. The third-order valence-electron chi connectivity index (χ3n) is 3.59. The van der Waals surface area contributed by atoms with Crippen molar-refractivity contribution in [3.63, 3.8) is 0 Å². The molecule has 1 atom stereocenters. The zero-order valence-electron chi connectivity index (χ0n) is 11.9. The zero-order chi connectivity index (χ0) is 14.8. The van der Waals surface area contributed by atoms with Gasteiger partial charge in [-0.1, -0.05) is 0 Å². The number of nitrogens with two attached hydrogens (primary N) is 1. The van der Waals surface area contributed by atoms with Gasteiger partial charge in [0, 0.05) is 25.5 Å². The minimum Gasteiger partial charge on any atom is -0.330 e. The van der Waals surface area contributed by atoms with E-state index < -0.39 is 10.2 Å². The summed E-state index contributed by atoms with van der Waals surface area (Å²) in [6.07, 6.45) is 1.89. The Morgan fingerprint density at radius 2 is 2.35 bits per heavy atom. The van der Waals surface area contributed by atoms with Crippen LogP contribution in [0.4, 0.5) is 0 Å². The minimum atomic E-state index is -3.42. The zero-order valence-corrected chi connectivity index (χ0v) is 13.6. The predicted octanol–water partition coefficient (Wildman–Crippen LogP) is 0.799. The third kappa shape index (κ3) is 3.56. The van der Waals surface area contributed by atoms with Crippen LogP contribution >= 0.6 is 11.3 Å². The Morgan fingerprint density at radius 1 is 1.60 bits per heavy atom. The summed E-state index contributed by atoms with van der Waals surface area (Å²) in [6, 6.07) is 0. The molecule has 2 heterocycles. The Morgan fingerprint density at radius 3 is 2.95 bits per heavy atom. The minimum absolute atomic E-state index is 0.272. The standard InChI is InChI=1S/C12H22N4O2S2/c1-10-14-12(9-19-10)8-15(2)20(17,18)16-5-3-4-11(6-13)7-16/h9,11H,3-8,13H2,1-2H3. The van der Waals surface area contributed by atoms with Gasteiger partial charge in [0.1, 0.15) is 0 Å². The molecule has 6 nitrogen and oxygen atoms in total. The van der Waals surface area contributed by atoms with E-state index in [1.807, 2.05) is 12.3 Å². The topological polar surface area (TPSA) is 79.5 Å². The average molecular weight is 318 g/mol. The van der Waals surface area contributed by atoms with Gasteiger partial charge < -0.3 is 5.73 Å². The number of piperidine rings is 1. The predicted molar refractivity (Wildman–Crippen MR) is 80.6 cm³/mol. The molecular formula is C12H22N4O2S2. The lowest BCUT2D eigenvalue weighted by atomic mass is 10.0. The molecule has 0 saturated carbocycles. The average Bonchev–Trinajstić information content (AvgIpc) is 2.84. The molecule has 1 aliphatic heterocycles. The summed E-state index contributed by atoms with van der Waals surface area (Å²) in [5.74, 6) is 0.272. The highest BCUT2D eigenvalue weighted by Crippen LogP contribution is 2.21. The van der Waals surface area contributed by atoms with Crippen LogP contribution in [0.15, 0.2) is 5.38 Å². The van der Waals surface area contributed by atoms with Crippen LogP contribution in [0.2, 0.25) is 0 Å². The van der Waals surface area contributed by atoms with Crippen molar-refractivity contribution < 1.29 is 8.42 Å². The first-order valence-corrected chi connectivity index (χ1v) is 9.03. The summed E-state index contributed by atoms with van der Waals surface area (Å²) in [6.45, 7) is 3.88. The Bertz CT molecular complexity index is 543. The maximum atomic E-state index is 12.5. The fourth-order valence-corrected chi connectivity index (χ4v) is 4.47. The van der Waals surface area contributed by atoms with Crippen LogP contribution < -0.4 is 5.73 Å². The van der Waals surface area contributed by atoms with Gasteiger partial charge in [-0.3, -0.25) is 0 Å². The highest BCUT2D eigenvalue weighted by molar-refractivity contribution is 7.86. The largest absolute Gasteiger partial charge is 0.330 e. The summed E-state index contributed by atoms with van der Waals surface area (Å²) < 4.78 is 28.0. The quantitative estimate of drug-likeness (QED) is 0.871. The van der Waals surface area contributed by atoms with Gasteiger partial charge in [0.25, 0.3) is 10.2 Å². The second-order valence-corrected chi connectivity index (χ2v) is 8.32. The molecule has 8 heteroatoms. The first-order valence-electron chi connectivity index (χ1n) is 6.76. The van der Waals surface area contributed by atoms with Crippen LogP contribution in [-0.4, -0.2) is 48.7 Å². The van der Waals surface area contributed by atoms with Crippen LogP contribution in [0.25, 0.3) is 0 Å². The molecule has 2 N–H and O–H groups in total. The summed E-state index contributed by atoms with van der Waals surface area (Å²) in [7, 11) is -1.81. The summed E-state index contributed by atoms with van der Waals surface area (Å²) in [4.78, 5) is 4.31. The highest BCUT2D eigenvalue weighted by Gasteiger charge is 2.31. The molecule has 1 saturated heterocycles. The third-order valence-corrected chi connectivity index (χ3v) is 6.31. The molecule has 0 aromatic carbocycles. The Balaban J connectivity index is 2.05. The SMILES string of the molecule is Cc1nc(CN(C)S(=O)(=O)N2CCCC(CN)C2)cs1. The number of rotatable bonds is 5. The van der Waals surface area contributed by atoms with Gasteiger partial charge >= 0.3 is 0 Å². The van der Waals surface area contributed by atoms with Crippen molar-refractivity contribution in [3.8, 4) is 0 Å². The number of hydrogen-bond donors (Lipinski definition) is 1. The number of thiazole rings is 1. The maximum Gasteiger partial charge on any atom is 0.282 e. The second-order valence-electron chi connectivity index (χ2n) is 5.22. The van der Waals surface area contributed by atoms with Gasteiger partial charge in [-0.15, -0.1) is 11.3 Å². The van der Waals surface area contributed by atoms with Crippen molar-refractivity contribution in [3.05, 3.63) is 16.1 Å². The molecule has 0 amide bonds. The Hall–Kier alpha value is -0.540. The van der Waals surface area contributed by atoms with Gasteiger partial charge in [-0.25, -0.2) is 4.98 Å². The molecule has 0 radical (unpaired) electrons. The number of aromatic nitrogens is 1. The van der Waals surface area contributed by atoms with Crippen molar-refractivity contribution >= 4 is 21.5 Å². The van der Waals surface area contributed by atoms with Crippen molar-refractivity contribution in [1.29, 1.82) is 0 Å². The van der Waals surface area contributed by atoms with Crippen LogP contribution in [0.1, 0.15) is 23.5 Å². The molecule has 20 heavy (non-hydrogen) atoms. The number of aryl methyl sites for hydroxylation is 1. The fourth-order valence-electron chi connectivity index (χ4n) is 2.42. The highest BCUT2D eigenvalue weighted by atomic mass is 32.2. The van der Waals surface area contributed by atoms with E-state index in [1.165, 1.54) is 15.6 Å². The lowest BCUT2D eigenvalue weighted by Gasteiger charge is -2.33. The first kappa shape index (κ1) is 15.8. The molecule has 1 aliphatic rings. The maximum absolute atomic E-state index is 12.5. The van der Waals surface area contributed by atoms with Gasteiger partial charge in [0.2, 0.25) is 0 Å². The van der Waals surface area contributed by atoms with Crippen molar-refractivity contribution in [2.45, 2.75) is 26.3 Å². The Labute approximate surface area is 124 Å². The first-order chi connectivity index (χ1) is 9.43. The molecule has 0 spiro atoms. The number of nitrogens with zero attached hydrogens (tertiary/aromatic N) is 3. The molecule has 0 aliphatic carbocycles. The van der Waals surface area contributed by atoms with E-state index in [0.29, 0.717) is 26.2 Å². The molecule has 114 valence electrons. The molecule has 0 bridgehead atoms. The molecule has 1 fully saturated rings. The monoisotopic (exact) mass is 318 g/mol. The lowest BCUT2D eigenvalue weighted by Crippen LogP contribution is -2.47. The van der Waals surface area contributed by atoms with Gasteiger partial charge in [-0.2, -0.15) is 17.0 Å². The molecule has 1 unspecified atom stereocenters. The molecule has 1 aromatic rings. The van der Waals surface area contributed by atoms with Crippen molar-refractivity contribution in [2.75, 3.05) is 26.7 Å². The second kappa shape index (κ2) is 6.48.